The zero-order chi connectivity index (χ0) is 15.6. The lowest BCUT2D eigenvalue weighted by molar-refractivity contribution is -0.129. The van der Waals surface area contributed by atoms with Crippen LogP contribution in [0.2, 0.25) is 0 Å². The molecule has 1 saturated heterocycles. The van der Waals surface area contributed by atoms with Crippen molar-refractivity contribution in [3.63, 3.8) is 0 Å². The number of nitrogens with zero attached hydrogens (tertiary/aromatic N) is 2. The largest absolute Gasteiger partial charge is 0.497 e. The minimum absolute atomic E-state index is 0.0768. The Morgan fingerprint density at radius 1 is 1.33 bits per heavy atom. The number of methoxy groups -OCH3 is 1. The van der Waals surface area contributed by atoms with E-state index in [1.54, 1.807) is 18.9 Å². The Bertz CT molecular complexity index is 525. The highest BCUT2D eigenvalue weighted by Gasteiger charge is 2.42. The van der Waals surface area contributed by atoms with E-state index in [0.717, 1.165) is 11.4 Å². The molecule has 0 aliphatic carbocycles. The molecule has 2 rings (SSSR count). The molecule has 0 aromatic heterocycles. The summed E-state index contributed by atoms with van der Waals surface area (Å²) in [6.07, 6.45) is 0.339. The lowest BCUT2D eigenvalue weighted by atomic mass is 10.0. The first-order chi connectivity index (χ1) is 9.99. The molecule has 3 amide bonds. The quantitative estimate of drug-likeness (QED) is 0.856. The van der Waals surface area contributed by atoms with Gasteiger partial charge in [0.15, 0.2) is 0 Å². The summed E-state index contributed by atoms with van der Waals surface area (Å²) < 4.78 is 5.13. The summed E-state index contributed by atoms with van der Waals surface area (Å²) in [5, 5.41) is 0. The number of carbonyl (C=O) groups is 2. The van der Waals surface area contributed by atoms with E-state index in [2.05, 4.69) is 0 Å². The molecule has 21 heavy (non-hydrogen) atoms. The molecule has 1 aliphatic heterocycles. The molecule has 1 atom stereocenters. The standard InChI is InChI=1S/C16H22N2O3/c1-5-15(19)18-14(11(2)3)10-17(16(18)20)12-6-8-13(21-4)9-7-12/h6-9,11,14H,5,10H2,1-4H3/t14-/m1/s1. The van der Waals surface area contributed by atoms with Gasteiger partial charge in [-0.1, -0.05) is 20.8 Å². The second kappa shape index (κ2) is 6.16. The van der Waals surface area contributed by atoms with Crippen LogP contribution in [0.1, 0.15) is 27.2 Å². The Labute approximate surface area is 125 Å². The Morgan fingerprint density at radius 2 is 1.95 bits per heavy atom. The smallest absolute Gasteiger partial charge is 0.331 e. The number of imide groups is 1. The van der Waals surface area contributed by atoms with E-state index in [-0.39, 0.29) is 23.9 Å². The number of benzene rings is 1. The molecular weight excluding hydrogens is 268 g/mol. The highest BCUT2D eigenvalue weighted by Crippen LogP contribution is 2.29. The fraction of sp³-hybridized carbons (Fsp3) is 0.500. The van der Waals surface area contributed by atoms with Crippen LogP contribution in [0.5, 0.6) is 5.75 Å². The molecule has 1 aliphatic rings. The van der Waals surface area contributed by atoms with Gasteiger partial charge < -0.3 is 4.74 Å². The van der Waals surface area contributed by atoms with Gasteiger partial charge >= 0.3 is 6.03 Å². The number of urea groups is 1. The van der Waals surface area contributed by atoms with Crippen LogP contribution in [0, 0.1) is 5.92 Å². The summed E-state index contributed by atoms with van der Waals surface area (Å²) >= 11 is 0. The first kappa shape index (κ1) is 15.4. The molecule has 0 unspecified atom stereocenters. The SMILES string of the molecule is CCC(=O)N1C(=O)N(c2ccc(OC)cc2)C[C@@H]1C(C)C. The Kier molecular flexibility index (Phi) is 4.50. The van der Waals surface area contributed by atoms with Crippen molar-refractivity contribution in [3.8, 4) is 5.75 Å². The molecule has 5 heteroatoms. The lowest BCUT2D eigenvalue weighted by Crippen LogP contribution is -2.42. The summed E-state index contributed by atoms with van der Waals surface area (Å²) in [7, 11) is 1.60. The summed E-state index contributed by atoms with van der Waals surface area (Å²) in [4.78, 5) is 27.7. The molecule has 0 N–H and O–H groups in total. The first-order valence-corrected chi connectivity index (χ1v) is 7.27. The highest BCUT2D eigenvalue weighted by molar-refractivity contribution is 6.05. The number of amides is 3. The topological polar surface area (TPSA) is 49.9 Å². The van der Waals surface area contributed by atoms with Crippen LogP contribution in [0.25, 0.3) is 0 Å². The normalized spacial score (nSPS) is 18.5. The predicted molar refractivity (Wildman–Crippen MR) is 81.5 cm³/mol. The fourth-order valence-electron chi connectivity index (χ4n) is 2.57. The van der Waals surface area contributed by atoms with Gasteiger partial charge in [-0.3, -0.25) is 14.6 Å². The van der Waals surface area contributed by atoms with Crippen LogP contribution in [-0.2, 0) is 4.79 Å². The molecule has 0 bridgehead atoms. The van der Waals surface area contributed by atoms with Crippen LogP contribution in [0.3, 0.4) is 0 Å². The monoisotopic (exact) mass is 290 g/mol. The first-order valence-electron chi connectivity index (χ1n) is 7.27. The zero-order valence-corrected chi connectivity index (χ0v) is 13.0. The number of hydrogen-bond acceptors (Lipinski definition) is 3. The summed E-state index contributed by atoms with van der Waals surface area (Å²) in [6, 6.07) is 7.01. The van der Waals surface area contributed by atoms with E-state index < -0.39 is 0 Å². The third-order valence-electron chi connectivity index (χ3n) is 3.86. The molecule has 0 spiro atoms. The Balaban J connectivity index is 2.29. The molecule has 1 aromatic carbocycles. The average Bonchev–Trinajstić information content (AvgIpc) is 2.84. The van der Waals surface area contributed by atoms with Gasteiger partial charge in [-0.25, -0.2) is 4.79 Å². The summed E-state index contributed by atoms with van der Waals surface area (Å²) in [6.45, 7) is 6.38. The number of anilines is 1. The molecule has 1 fully saturated rings. The van der Waals surface area contributed by atoms with Crippen molar-refractivity contribution < 1.29 is 14.3 Å². The number of ether oxygens (including phenoxy) is 1. The van der Waals surface area contributed by atoms with Crippen molar-refractivity contribution in [2.75, 3.05) is 18.6 Å². The minimum Gasteiger partial charge on any atom is -0.497 e. The maximum Gasteiger partial charge on any atom is 0.331 e. The predicted octanol–water partition coefficient (Wildman–Crippen LogP) is 2.90. The second-order valence-corrected chi connectivity index (χ2v) is 5.52. The van der Waals surface area contributed by atoms with Crippen LogP contribution in [0.4, 0.5) is 10.5 Å². The molecule has 1 heterocycles. The maximum absolute atomic E-state index is 12.6. The number of rotatable bonds is 4. The number of hydrogen-bond donors (Lipinski definition) is 0. The van der Waals surface area contributed by atoms with Crippen molar-refractivity contribution in [1.82, 2.24) is 4.90 Å². The summed E-state index contributed by atoms with van der Waals surface area (Å²) in [5.74, 6) is 0.856. The van der Waals surface area contributed by atoms with E-state index >= 15 is 0 Å². The highest BCUT2D eigenvalue weighted by atomic mass is 16.5. The van der Waals surface area contributed by atoms with Gasteiger partial charge in [0.1, 0.15) is 5.75 Å². The Morgan fingerprint density at radius 3 is 2.43 bits per heavy atom. The lowest BCUT2D eigenvalue weighted by Gasteiger charge is -2.23. The molecular formula is C16H22N2O3. The van der Waals surface area contributed by atoms with Gasteiger partial charge in [0.05, 0.1) is 13.2 Å². The zero-order valence-electron chi connectivity index (χ0n) is 13.0. The summed E-state index contributed by atoms with van der Waals surface area (Å²) in [5.41, 5.74) is 0.790. The third kappa shape index (κ3) is 2.86. The van der Waals surface area contributed by atoms with E-state index in [4.69, 9.17) is 4.74 Å². The average molecular weight is 290 g/mol. The van der Waals surface area contributed by atoms with Gasteiger partial charge in [-0.2, -0.15) is 0 Å². The van der Waals surface area contributed by atoms with E-state index in [1.807, 2.05) is 38.1 Å². The van der Waals surface area contributed by atoms with Gasteiger partial charge in [0.25, 0.3) is 0 Å². The van der Waals surface area contributed by atoms with Crippen molar-refractivity contribution in [2.24, 2.45) is 5.92 Å². The minimum atomic E-state index is -0.231. The Hall–Kier alpha value is -2.04. The van der Waals surface area contributed by atoms with Crippen LogP contribution < -0.4 is 9.64 Å². The van der Waals surface area contributed by atoms with Gasteiger partial charge in [0, 0.05) is 18.7 Å². The van der Waals surface area contributed by atoms with Gasteiger partial charge in [-0.15, -0.1) is 0 Å². The van der Waals surface area contributed by atoms with Gasteiger partial charge in [0.2, 0.25) is 5.91 Å². The van der Waals surface area contributed by atoms with Crippen molar-refractivity contribution in [3.05, 3.63) is 24.3 Å². The van der Waals surface area contributed by atoms with Crippen molar-refractivity contribution >= 4 is 17.6 Å². The fourth-order valence-corrected chi connectivity index (χ4v) is 2.57. The number of carbonyl (C=O) groups excluding carboxylic acids is 2. The maximum atomic E-state index is 12.6. The third-order valence-corrected chi connectivity index (χ3v) is 3.86. The van der Waals surface area contributed by atoms with Crippen molar-refractivity contribution in [2.45, 2.75) is 33.2 Å². The van der Waals surface area contributed by atoms with Crippen LogP contribution in [-0.4, -0.2) is 36.5 Å². The molecule has 5 nitrogen and oxygen atoms in total. The molecule has 1 aromatic rings. The molecule has 0 radical (unpaired) electrons. The van der Waals surface area contributed by atoms with E-state index in [0.29, 0.717) is 13.0 Å². The molecule has 114 valence electrons. The van der Waals surface area contributed by atoms with Crippen molar-refractivity contribution in [1.29, 1.82) is 0 Å². The van der Waals surface area contributed by atoms with E-state index in [9.17, 15) is 9.59 Å². The van der Waals surface area contributed by atoms with Gasteiger partial charge in [-0.05, 0) is 30.2 Å². The van der Waals surface area contributed by atoms with Crippen LogP contribution in [0.15, 0.2) is 24.3 Å². The second-order valence-electron chi connectivity index (χ2n) is 5.52. The van der Waals surface area contributed by atoms with E-state index in [1.165, 1.54) is 4.90 Å². The van der Waals surface area contributed by atoms with Crippen LogP contribution >= 0.6 is 0 Å². The molecule has 0 saturated carbocycles.